The predicted octanol–water partition coefficient (Wildman–Crippen LogP) is -0.223. The fourth-order valence-electron chi connectivity index (χ4n) is 2.37. The number of hydrogen-bond donors (Lipinski definition) is 1. The summed E-state index contributed by atoms with van der Waals surface area (Å²) in [5, 5.41) is 2.69. The van der Waals surface area contributed by atoms with Gasteiger partial charge in [0.05, 0.1) is 23.6 Å². The molecule has 1 aromatic heterocycles. The second kappa shape index (κ2) is 3.43. The zero-order valence-corrected chi connectivity index (χ0v) is 9.72. The van der Waals surface area contributed by atoms with Crippen molar-refractivity contribution >= 4 is 21.7 Å². The Balaban J connectivity index is 1.98. The normalized spacial score (nSPS) is 30.1. The van der Waals surface area contributed by atoms with Crippen molar-refractivity contribution in [3.8, 4) is 0 Å². The molecule has 3 heterocycles. The quantitative estimate of drug-likeness (QED) is 0.702. The first-order valence-corrected chi connectivity index (χ1v) is 7.10. The Hall–Kier alpha value is -1.63. The van der Waals surface area contributed by atoms with Gasteiger partial charge >= 0.3 is 6.03 Å². The van der Waals surface area contributed by atoms with Gasteiger partial charge in [0.15, 0.2) is 9.84 Å². The van der Waals surface area contributed by atoms with Gasteiger partial charge in [-0.2, -0.15) is 0 Å². The van der Waals surface area contributed by atoms with E-state index in [4.69, 9.17) is 0 Å². The van der Waals surface area contributed by atoms with E-state index < -0.39 is 9.84 Å². The molecule has 0 spiro atoms. The molecule has 17 heavy (non-hydrogen) atoms. The number of hydrogen-bond acceptors (Lipinski definition) is 4. The lowest BCUT2D eigenvalue weighted by Crippen LogP contribution is -2.37. The molecule has 2 saturated heterocycles. The van der Waals surface area contributed by atoms with Crippen LogP contribution in [0.4, 0.5) is 10.6 Å². The number of amides is 2. The van der Waals surface area contributed by atoms with Gasteiger partial charge in [-0.25, -0.2) is 18.2 Å². The lowest BCUT2D eigenvalue weighted by molar-refractivity contribution is 0.251. The van der Waals surface area contributed by atoms with Crippen LogP contribution in [0, 0.1) is 0 Å². The van der Waals surface area contributed by atoms with E-state index in [1.807, 2.05) is 0 Å². The second-order valence-electron chi connectivity index (χ2n) is 4.26. The number of fused-ring (bicyclic) bond motifs is 1. The molecule has 1 N–H and O–H groups in total. The number of carbonyl (C=O) groups excluding carboxylic acids is 1. The average Bonchev–Trinajstić information content (AvgIpc) is 2.69. The van der Waals surface area contributed by atoms with Gasteiger partial charge < -0.3 is 5.32 Å². The van der Waals surface area contributed by atoms with E-state index in [1.165, 1.54) is 4.90 Å². The van der Waals surface area contributed by atoms with Gasteiger partial charge in [0.2, 0.25) is 0 Å². The summed E-state index contributed by atoms with van der Waals surface area (Å²) in [6, 6.07) is 4.31. The van der Waals surface area contributed by atoms with Crippen LogP contribution in [0.2, 0.25) is 0 Å². The molecular formula is C10H11N3O3S. The maximum atomic E-state index is 11.8. The van der Waals surface area contributed by atoms with E-state index in [0.29, 0.717) is 5.82 Å². The molecule has 6 nitrogen and oxygen atoms in total. The fourth-order valence-corrected chi connectivity index (χ4v) is 4.26. The molecule has 2 fully saturated rings. The Morgan fingerprint density at radius 2 is 2.18 bits per heavy atom. The molecule has 3 rings (SSSR count). The Morgan fingerprint density at radius 3 is 2.88 bits per heavy atom. The SMILES string of the molecule is O=C1N[C@@H]2CS(=O)(=O)C[C@H]2N1c1ccccn1. The Bertz CT molecular complexity index is 557. The van der Waals surface area contributed by atoms with Crippen LogP contribution < -0.4 is 10.2 Å². The number of nitrogens with one attached hydrogen (secondary N) is 1. The van der Waals surface area contributed by atoms with Crippen molar-refractivity contribution in [3.05, 3.63) is 24.4 Å². The molecule has 0 aliphatic carbocycles. The summed E-state index contributed by atoms with van der Waals surface area (Å²) in [4.78, 5) is 17.3. The van der Waals surface area contributed by atoms with E-state index in [2.05, 4.69) is 10.3 Å². The van der Waals surface area contributed by atoms with Gasteiger partial charge in [-0.05, 0) is 12.1 Å². The molecular weight excluding hydrogens is 242 g/mol. The monoisotopic (exact) mass is 253 g/mol. The summed E-state index contributed by atoms with van der Waals surface area (Å²) in [5.41, 5.74) is 0. The van der Waals surface area contributed by atoms with Crippen molar-refractivity contribution in [2.45, 2.75) is 12.1 Å². The highest BCUT2D eigenvalue weighted by molar-refractivity contribution is 7.91. The number of urea groups is 1. The minimum absolute atomic E-state index is 0.00693. The number of anilines is 1. The first-order chi connectivity index (χ1) is 8.07. The van der Waals surface area contributed by atoms with Crippen LogP contribution in [-0.4, -0.2) is 43.0 Å². The summed E-state index contributed by atoms with van der Waals surface area (Å²) in [6.45, 7) is 0. The largest absolute Gasteiger partial charge is 0.332 e. The number of pyridine rings is 1. The highest BCUT2D eigenvalue weighted by Gasteiger charge is 2.49. The highest BCUT2D eigenvalue weighted by atomic mass is 32.2. The number of nitrogens with zero attached hydrogens (tertiary/aromatic N) is 2. The minimum Gasteiger partial charge on any atom is -0.332 e. The zero-order valence-electron chi connectivity index (χ0n) is 8.91. The van der Waals surface area contributed by atoms with Crippen LogP contribution >= 0.6 is 0 Å². The molecule has 0 bridgehead atoms. The molecule has 2 amide bonds. The Kier molecular flexibility index (Phi) is 2.12. The van der Waals surface area contributed by atoms with E-state index in [0.717, 1.165) is 0 Å². The molecule has 2 atom stereocenters. The summed E-state index contributed by atoms with van der Waals surface area (Å²) in [7, 11) is -3.05. The summed E-state index contributed by atoms with van der Waals surface area (Å²) >= 11 is 0. The number of rotatable bonds is 1. The van der Waals surface area contributed by atoms with Gasteiger partial charge in [0, 0.05) is 6.20 Å². The van der Waals surface area contributed by atoms with Crippen molar-refractivity contribution < 1.29 is 13.2 Å². The average molecular weight is 253 g/mol. The van der Waals surface area contributed by atoms with Gasteiger partial charge in [-0.1, -0.05) is 6.07 Å². The Morgan fingerprint density at radius 1 is 1.35 bits per heavy atom. The summed E-state index contributed by atoms with van der Waals surface area (Å²) in [6.07, 6.45) is 1.58. The van der Waals surface area contributed by atoms with Crippen LogP contribution in [0.25, 0.3) is 0 Å². The highest BCUT2D eigenvalue weighted by Crippen LogP contribution is 2.27. The lowest BCUT2D eigenvalue weighted by atomic mass is 10.2. The van der Waals surface area contributed by atoms with Gasteiger partial charge in [0.25, 0.3) is 0 Å². The van der Waals surface area contributed by atoms with E-state index in [-0.39, 0.29) is 29.6 Å². The van der Waals surface area contributed by atoms with Crippen molar-refractivity contribution in [2.24, 2.45) is 0 Å². The van der Waals surface area contributed by atoms with Crippen LogP contribution in [-0.2, 0) is 9.84 Å². The maximum absolute atomic E-state index is 11.8. The molecule has 90 valence electrons. The fraction of sp³-hybridized carbons (Fsp3) is 0.400. The van der Waals surface area contributed by atoms with E-state index >= 15 is 0 Å². The lowest BCUT2D eigenvalue weighted by Gasteiger charge is -2.19. The van der Waals surface area contributed by atoms with Crippen molar-refractivity contribution in [3.63, 3.8) is 0 Å². The molecule has 1 aromatic rings. The van der Waals surface area contributed by atoms with Crippen molar-refractivity contribution in [1.82, 2.24) is 10.3 Å². The molecule has 0 aromatic carbocycles. The van der Waals surface area contributed by atoms with Crippen LogP contribution in [0.15, 0.2) is 24.4 Å². The van der Waals surface area contributed by atoms with Crippen LogP contribution in [0.3, 0.4) is 0 Å². The summed E-state index contributed by atoms with van der Waals surface area (Å²) < 4.78 is 23.1. The van der Waals surface area contributed by atoms with Gasteiger partial charge in [-0.15, -0.1) is 0 Å². The smallest absolute Gasteiger partial charge is 0.323 e. The molecule has 0 unspecified atom stereocenters. The molecule has 0 radical (unpaired) electrons. The molecule has 7 heteroatoms. The van der Waals surface area contributed by atoms with Crippen LogP contribution in [0.1, 0.15) is 0 Å². The third-order valence-electron chi connectivity index (χ3n) is 3.08. The van der Waals surface area contributed by atoms with Crippen molar-refractivity contribution in [2.75, 3.05) is 16.4 Å². The first kappa shape index (κ1) is 10.5. The number of sulfone groups is 1. The predicted molar refractivity (Wildman–Crippen MR) is 61.5 cm³/mol. The second-order valence-corrected chi connectivity index (χ2v) is 6.41. The van der Waals surface area contributed by atoms with Crippen molar-refractivity contribution in [1.29, 1.82) is 0 Å². The minimum atomic E-state index is -3.05. The third kappa shape index (κ3) is 1.66. The molecule has 0 saturated carbocycles. The van der Waals surface area contributed by atoms with E-state index in [1.54, 1.807) is 24.4 Å². The maximum Gasteiger partial charge on any atom is 0.323 e. The van der Waals surface area contributed by atoms with Gasteiger partial charge in [-0.3, -0.25) is 4.90 Å². The standard InChI is InChI=1S/C10H11N3O3S/c14-10-12-7-5-17(15,16)6-8(7)13(10)9-3-1-2-4-11-9/h1-4,7-8H,5-6H2,(H,12,14)/t7-,8-/m1/s1. The molecule has 2 aliphatic heterocycles. The number of carbonyl (C=O) groups is 1. The topological polar surface area (TPSA) is 79.4 Å². The molecule has 2 aliphatic rings. The Labute approximate surface area is 98.6 Å². The number of aromatic nitrogens is 1. The summed E-state index contributed by atoms with van der Waals surface area (Å²) in [5.74, 6) is 0.523. The van der Waals surface area contributed by atoms with Gasteiger partial charge in [0.1, 0.15) is 5.82 Å². The van der Waals surface area contributed by atoms with E-state index in [9.17, 15) is 13.2 Å². The van der Waals surface area contributed by atoms with Crippen LogP contribution in [0.5, 0.6) is 0 Å². The third-order valence-corrected chi connectivity index (χ3v) is 4.79. The first-order valence-electron chi connectivity index (χ1n) is 5.28. The zero-order chi connectivity index (χ0) is 12.0.